The molecule has 140 valence electrons. The maximum Gasteiger partial charge on any atom is 0.261 e. The summed E-state index contributed by atoms with van der Waals surface area (Å²) in [5.41, 5.74) is 0.979. The second-order valence-corrected chi connectivity index (χ2v) is 6.23. The largest absolute Gasteiger partial charge is 0.497 e. The topological polar surface area (TPSA) is 56.8 Å². The van der Waals surface area contributed by atoms with Crippen LogP contribution in [0.4, 0.5) is 0 Å². The molecule has 26 heavy (non-hydrogen) atoms. The van der Waals surface area contributed by atoms with Gasteiger partial charge in [-0.05, 0) is 50.1 Å². The lowest BCUT2D eigenvalue weighted by atomic mass is 10.2. The molecule has 1 amide bonds. The van der Waals surface area contributed by atoms with Gasteiger partial charge in [-0.3, -0.25) is 4.79 Å². The molecule has 0 radical (unpaired) electrons. The van der Waals surface area contributed by atoms with E-state index in [1.54, 1.807) is 13.2 Å². The fourth-order valence-electron chi connectivity index (χ4n) is 2.46. The number of rotatable bonds is 9. The van der Waals surface area contributed by atoms with Crippen LogP contribution in [0, 0.1) is 0 Å². The van der Waals surface area contributed by atoms with E-state index in [0.717, 1.165) is 11.3 Å². The first kappa shape index (κ1) is 19.6. The molecular weight excluding hydrogens is 330 g/mol. The number of amides is 1. The molecule has 2 aromatic rings. The van der Waals surface area contributed by atoms with Crippen LogP contribution in [0.15, 0.2) is 48.5 Å². The summed E-state index contributed by atoms with van der Waals surface area (Å²) in [6.45, 7) is 6.31. The van der Waals surface area contributed by atoms with E-state index < -0.39 is 6.10 Å². The van der Waals surface area contributed by atoms with Gasteiger partial charge in [0.1, 0.15) is 17.2 Å². The summed E-state index contributed by atoms with van der Waals surface area (Å²) < 4.78 is 16.7. The Morgan fingerprint density at radius 3 is 2.31 bits per heavy atom. The van der Waals surface area contributed by atoms with E-state index in [9.17, 15) is 4.79 Å². The van der Waals surface area contributed by atoms with Crippen molar-refractivity contribution in [1.29, 1.82) is 0 Å². The molecule has 0 fully saturated rings. The molecule has 1 atom stereocenters. The molecule has 2 rings (SSSR count). The normalized spacial score (nSPS) is 11.7. The molecule has 5 nitrogen and oxygen atoms in total. The van der Waals surface area contributed by atoms with Crippen LogP contribution in [0.5, 0.6) is 17.2 Å². The van der Waals surface area contributed by atoms with Gasteiger partial charge in [-0.2, -0.15) is 0 Å². The van der Waals surface area contributed by atoms with Crippen LogP contribution < -0.4 is 19.5 Å². The second kappa shape index (κ2) is 9.70. The van der Waals surface area contributed by atoms with Gasteiger partial charge in [0, 0.05) is 12.6 Å². The minimum atomic E-state index is -0.558. The number of carbonyl (C=O) groups excluding carboxylic acids is 1. The maximum atomic E-state index is 12.5. The van der Waals surface area contributed by atoms with Crippen LogP contribution in [-0.2, 0) is 11.3 Å². The Hall–Kier alpha value is -2.69. The highest BCUT2D eigenvalue weighted by molar-refractivity contribution is 5.81. The van der Waals surface area contributed by atoms with Gasteiger partial charge in [-0.25, -0.2) is 0 Å². The molecule has 0 bridgehead atoms. The summed E-state index contributed by atoms with van der Waals surface area (Å²) in [5.74, 6) is 1.95. The molecule has 0 aromatic heterocycles. The molecule has 0 aliphatic carbocycles. The molecule has 0 saturated carbocycles. The molecule has 0 saturated heterocycles. The van der Waals surface area contributed by atoms with Gasteiger partial charge in [-0.15, -0.1) is 0 Å². The predicted molar refractivity (Wildman–Crippen MR) is 102 cm³/mol. The van der Waals surface area contributed by atoms with Crippen molar-refractivity contribution >= 4 is 5.91 Å². The van der Waals surface area contributed by atoms with Crippen molar-refractivity contribution in [3.8, 4) is 17.2 Å². The lowest BCUT2D eigenvalue weighted by Crippen LogP contribution is -2.37. The Kier molecular flexibility index (Phi) is 7.33. The lowest BCUT2D eigenvalue weighted by molar-refractivity contribution is -0.128. The highest BCUT2D eigenvalue weighted by Crippen LogP contribution is 2.21. The van der Waals surface area contributed by atoms with Crippen LogP contribution in [0.25, 0.3) is 0 Å². The molecule has 2 aromatic carbocycles. The molecule has 0 aliphatic heterocycles. The van der Waals surface area contributed by atoms with Crippen molar-refractivity contribution in [3.63, 3.8) is 0 Å². The Morgan fingerprint density at radius 2 is 1.65 bits per heavy atom. The monoisotopic (exact) mass is 357 g/mol. The summed E-state index contributed by atoms with van der Waals surface area (Å²) in [5, 5.41) is 2.93. The molecule has 0 heterocycles. The van der Waals surface area contributed by atoms with E-state index >= 15 is 0 Å². The zero-order valence-corrected chi connectivity index (χ0v) is 15.8. The SMILES string of the molecule is CCC(Oc1cccc(OC)c1)C(=O)NCc1cccc(OC(C)C)c1. The zero-order valence-electron chi connectivity index (χ0n) is 15.8. The molecular formula is C21H27NO4. The van der Waals surface area contributed by atoms with E-state index in [4.69, 9.17) is 14.2 Å². The van der Waals surface area contributed by atoms with E-state index in [1.807, 2.05) is 63.2 Å². The first-order valence-corrected chi connectivity index (χ1v) is 8.85. The number of benzene rings is 2. The molecule has 1 N–H and O–H groups in total. The number of ether oxygens (including phenoxy) is 3. The summed E-state index contributed by atoms with van der Waals surface area (Å²) in [7, 11) is 1.60. The van der Waals surface area contributed by atoms with Gasteiger partial charge in [-0.1, -0.05) is 25.1 Å². The fourth-order valence-corrected chi connectivity index (χ4v) is 2.46. The average molecular weight is 357 g/mol. The van der Waals surface area contributed by atoms with Crippen LogP contribution in [-0.4, -0.2) is 25.2 Å². The standard InChI is InChI=1S/C21H27NO4/c1-5-20(26-19-11-7-9-17(13-19)24-4)21(23)22-14-16-8-6-10-18(12-16)25-15(2)3/h6-13,15,20H,5,14H2,1-4H3,(H,22,23). The summed E-state index contributed by atoms with van der Waals surface area (Å²) in [4.78, 5) is 12.5. The van der Waals surface area contributed by atoms with Crippen molar-refractivity contribution in [2.75, 3.05) is 7.11 Å². The Bertz CT molecular complexity index is 715. The summed E-state index contributed by atoms with van der Waals surface area (Å²) >= 11 is 0. The fraction of sp³-hybridized carbons (Fsp3) is 0.381. The van der Waals surface area contributed by atoms with Crippen LogP contribution in [0.3, 0.4) is 0 Å². The Balaban J connectivity index is 1.94. The third-order valence-corrected chi connectivity index (χ3v) is 3.72. The third kappa shape index (κ3) is 5.99. The number of methoxy groups -OCH3 is 1. The van der Waals surface area contributed by atoms with Crippen molar-refractivity contribution in [2.45, 2.75) is 45.9 Å². The number of hydrogen-bond acceptors (Lipinski definition) is 4. The molecule has 0 aliphatic rings. The maximum absolute atomic E-state index is 12.5. The van der Waals surface area contributed by atoms with Crippen molar-refractivity contribution in [1.82, 2.24) is 5.32 Å². The van der Waals surface area contributed by atoms with Gasteiger partial charge in [0.15, 0.2) is 6.10 Å². The van der Waals surface area contributed by atoms with Gasteiger partial charge in [0.05, 0.1) is 13.2 Å². The Labute approximate surface area is 155 Å². The van der Waals surface area contributed by atoms with Crippen LogP contribution >= 0.6 is 0 Å². The smallest absolute Gasteiger partial charge is 0.261 e. The first-order valence-electron chi connectivity index (χ1n) is 8.85. The number of carbonyl (C=O) groups is 1. The number of hydrogen-bond donors (Lipinski definition) is 1. The van der Waals surface area contributed by atoms with E-state index in [2.05, 4.69) is 5.32 Å². The second-order valence-electron chi connectivity index (χ2n) is 6.23. The van der Waals surface area contributed by atoms with Crippen LogP contribution in [0.2, 0.25) is 0 Å². The van der Waals surface area contributed by atoms with Crippen molar-refractivity contribution in [2.24, 2.45) is 0 Å². The van der Waals surface area contributed by atoms with Gasteiger partial charge < -0.3 is 19.5 Å². The van der Waals surface area contributed by atoms with Crippen molar-refractivity contribution < 1.29 is 19.0 Å². The van der Waals surface area contributed by atoms with Gasteiger partial charge in [0.25, 0.3) is 5.91 Å². The van der Waals surface area contributed by atoms with E-state index in [1.165, 1.54) is 0 Å². The minimum absolute atomic E-state index is 0.112. The molecule has 0 spiro atoms. The lowest BCUT2D eigenvalue weighted by Gasteiger charge is -2.18. The molecule has 1 unspecified atom stereocenters. The highest BCUT2D eigenvalue weighted by atomic mass is 16.5. The predicted octanol–water partition coefficient (Wildman–Crippen LogP) is 3.96. The Morgan fingerprint density at radius 1 is 1.00 bits per heavy atom. The summed E-state index contributed by atoms with van der Waals surface area (Å²) in [6.07, 6.45) is 0.122. The average Bonchev–Trinajstić information content (AvgIpc) is 2.64. The van der Waals surface area contributed by atoms with Gasteiger partial charge in [0.2, 0.25) is 0 Å². The summed E-state index contributed by atoms with van der Waals surface area (Å²) in [6, 6.07) is 15.0. The number of nitrogens with one attached hydrogen (secondary N) is 1. The first-order chi connectivity index (χ1) is 12.5. The third-order valence-electron chi connectivity index (χ3n) is 3.72. The molecule has 5 heteroatoms. The van der Waals surface area contributed by atoms with E-state index in [0.29, 0.717) is 24.5 Å². The quantitative estimate of drug-likeness (QED) is 0.738. The van der Waals surface area contributed by atoms with Crippen molar-refractivity contribution in [3.05, 3.63) is 54.1 Å². The highest BCUT2D eigenvalue weighted by Gasteiger charge is 2.18. The minimum Gasteiger partial charge on any atom is -0.497 e. The zero-order chi connectivity index (χ0) is 18.9. The van der Waals surface area contributed by atoms with E-state index in [-0.39, 0.29) is 12.0 Å². The van der Waals surface area contributed by atoms with Crippen LogP contribution in [0.1, 0.15) is 32.8 Å². The van der Waals surface area contributed by atoms with Gasteiger partial charge >= 0.3 is 0 Å².